The van der Waals surface area contributed by atoms with Gasteiger partial charge in [0, 0.05) is 11.1 Å². The zero-order valence-corrected chi connectivity index (χ0v) is 16.2. The standard InChI is InChI=1S/C14H18N4O3S2Si/c1-24(2,3)21-14(20)11-8(4-5-9-7-23-17-16-9)6-22-13-10(15)12(19)18(11)13/h4-5,7,10,13H,6,15H2,1-3H3/b5-4-. The maximum Gasteiger partial charge on any atom is 0.342 e. The number of aromatic nitrogens is 2. The third-order valence-corrected chi connectivity index (χ3v) is 6.11. The Kier molecular flexibility index (Phi) is 4.64. The lowest BCUT2D eigenvalue weighted by Crippen LogP contribution is -2.68. The molecule has 0 bridgehead atoms. The first-order valence-electron chi connectivity index (χ1n) is 7.40. The maximum atomic E-state index is 12.7. The Balaban J connectivity index is 1.95. The number of carbonyl (C=O) groups is 2. The van der Waals surface area contributed by atoms with Crippen molar-refractivity contribution in [1.29, 1.82) is 0 Å². The average molecular weight is 383 g/mol. The van der Waals surface area contributed by atoms with Crippen molar-refractivity contribution in [2.45, 2.75) is 31.1 Å². The van der Waals surface area contributed by atoms with E-state index in [0.717, 1.165) is 5.57 Å². The smallest absolute Gasteiger partial charge is 0.342 e. The first kappa shape index (κ1) is 17.3. The molecule has 2 N–H and O–H groups in total. The van der Waals surface area contributed by atoms with Gasteiger partial charge in [0.15, 0.2) is 0 Å². The minimum atomic E-state index is -2.08. The summed E-state index contributed by atoms with van der Waals surface area (Å²) >= 11 is 2.80. The molecule has 1 aromatic rings. The van der Waals surface area contributed by atoms with E-state index in [1.54, 1.807) is 29.3 Å². The van der Waals surface area contributed by atoms with E-state index in [0.29, 0.717) is 17.1 Å². The molecular formula is C14H18N4O3S2Si. The lowest BCUT2D eigenvalue weighted by Gasteiger charge is -2.48. The molecule has 0 aliphatic carbocycles. The SMILES string of the molecule is C[Si](C)(C)OC(=O)C1=C(/C=C\c2csnn2)CSC2C(N)C(=O)N12. The summed E-state index contributed by atoms with van der Waals surface area (Å²) in [5.41, 5.74) is 7.62. The quantitative estimate of drug-likeness (QED) is 0.621. The van der Waals surface area contributed by atoms with Crippen LogP contribution < -0.4 is 5.73 Å². The molecule has 1 amide bonds. The van der Waals surface area contributed by atoms with Gasteiger partial charge < -0.3 is 10.2 Å². The van der Waals surface area contributed by atoms with E-state index < -0.39 is 20.3 Å². The minimum Gasteiger partial charge on any atom is -0.515 e. The lowest BCUT2D eigenvalue weighted by molar-refractivity contribution is -0.147. The molecule has 1 aromatic heterocycles. The molecule has 0 saturated carbocycles. The van der Waals surface area contributed by atoms with Crippen LogP contribution in [-0.2, 0) is 14.0 Å². The predicted molar refractivity (Wildman–Crippen MR) is 96.5 cm³/mol. The van der Waals surface area contributed by atoms with Crippen LogP contribution in [-0.4, -0.2) is 51.8 Å². The number of amides is 1. The van der Waals surface area contributed by atoms with Crippen molar-refractivity contribution in [1.82, 2.24) is 14.5 Å². The predicted octanol–water partition coefficient (Wildman–Crippen LogP) is 1.43. The number of rotatable bonds is 4. The Bertz CT molecular complexity index is 727. The molecule has 2 aliphatic rings. The van der Waals surface area contributed by atoms with E-state index in [-0.39, 0.29) is 11.3 Å². The van der Waals surface area contributed by atoms with Gasteiger partial charge in [0.1, 0.15) is 17.1 Å². The molecular weight excluding hydrogens is 364 g/mol. The summed E-state index contributed by atoms with van der Waals surface area (Å²) in [5.74, 6) is -0.0986. The Morgan fingerprint density at radius 1 is 1.46 bits per heavy atom. The van der Waals surface area contributed by atoms with E-state index >= 15 is 0 Å². The van der Waals surface area contributed by atoms with E-state index in [1.165, 1.54) is 16.4 Å². The van der Waals surface area contributed by atoms with Crippen LogP contribution in [0, 0.1) is 0 Å². The van der Waals surface area contributed by atoms with Gasteiger partial charge in [-0.05, 0) is 42.8 Å². The molecule has 1 saturated heterocycles. The molecule has 10 heteroatoms. The number of β-lactam (4-membered cyclic amide) rings is 1. The fourth-order valence-corrected chi connectivity index (χ4v) is 4.75. The maximum absolute atomic E-state index is 12.7. The van der Waals surface area contributed by atoms with Crippen molar-refractivity contribution >= 4 is 49.6 Å². The lowest BCUT2D eigenvalue weighted by atomic mass is 10.0. The number of allylic oxidation sites excluding steroid dienone is 1. The molecule has 7 nitrogen and oxygen atoms in total. The summed E-state index contributed by atoms with van der Waals surface area (Å²) in [6, 6.07) is -0.557. The van der Waals surface area contributed by atoms with Crippen LogP contribution >= 0.6 is 23.3 Å². The summed E-state index contributed by atoms with van der Waals surface area (Å²) < 4.78 is 9.42. The number of hydrogen-bond acceptors (Lipinski definition) is 8. The number of nitrogens with two attached hydrogens (primary N) is 1. The summed E-state index contributed by atoms with van der Waals surface area (Å²) in [6.45, 7) is 5.79. The topological polar surface area (TPSA) is 98.4 Å². The fourth-order valence-electron chi connectivity index (χ4n) is 2.41. The molecule has 1 fully saturated rings. The highest BCUT2D eigenvalue weighted by molar-refractivity contribution is 8.00. The first-order chi connectivity index (χ1) is 11.3. The Morgan fingerprint density at radius 2 is 2.21 bits per heavy atom. The monoisotopic (exact) mass is 382 g/mol. The van der Waals surface area contributed by atoms with E-state index in [1.807, 2.05) is 19.6 Å². The van der Waals surface area contributed by atoms with Gasteiger partial charge in [0.05, 0.1) is 5.69 Å². The molecule has 0 radical (unpaired) electrons. The van der Waals surface area contributed by atoms with Gasteiger partial charge in [-0.15, -0.1) is 16.9 Å². The molecule has 24 heavy (non-hydrogen) atoms. The second kappa shape index (κ2) is 6.43. The van der Waals surface area contributed by atoms with Gasteiger partial charge in [0.25, 0.3) is 0 Å². The normalized spacial score (nSPS) is 24.2. The molecule has 128 valence electrons. The number of hydrogen-bond donors (Lipinski definition) is 1. The van der Waals surface area contributed by atoms with E-state index in [4.69, 9.17) is 10.2 Å². The van der Waals surface area contributed by atoms with Gasteiger partial charge >= 0.3 is 5.97 Å². The highest BCUT2D eigenvalue weighted by atomic mass is 32.2. The number of fused-ring (bicyclic) bond motifs is 1. The van der Waals surface area contributed by atoms with Crippen molar-refractivity contribution in [3.8, 4) is 0 Å². The Hall–Kier alpha value is -1.49. The minimum absolute atomic E-state index is 0.195. The molecule has 3 rings (SSSR count). The zero-order valence-electron chi connectivity index (χ0n) is 13.6. The largest absolute Gasteiger partial charge is 0.515 e. The third kappa shape index (κ3) is 3.32. The molecule has 2 unspecified atom stereocenters. The second-order valence-corrected chi connectivity index (χ2v) is 12.6. The van der Waals surface area contributed by atoms with E-state index in [2.05, 4.69) is 9.59 Å². The number of carbonyl (C=O) groups excluding carboxylic acids is 2. The van der Waals surface area contributed by atoms with Crippen molar-refractivity contribution in [3.05, 3.63) is 28.4 Å². The van der Waals surface area contributed by atoms with Crippen molar-refractivity contribution in [2.75, 3.05) is 5.75 Å². The molecule has 2 aliphatic heterocycles. The molecule has 0 aromatic carbocycles. The van der Waals surface area contributed by atoms with Crippen molar-refractivity contribution in [2.24, 2.45) is 5.73 Å². The van der Waals surface area contributed by atoms with Gasteiger partial charge in [-0.25, -0.2) is 4.79 Å². The third-order valence-electron chi connectivity index (χ3n) is 3.46. The molecule has 3 heterocycles. The summed E-state index contributed by atoms with van der Waals surface area (Å²) in [5, 5.41) is 5.56. The zero-order chi connectivity index (χ0) is 17.5. The van der Waals surface area contributed by atoms with Crippen molar-refractivity contribution < 1.29 is 14.0 Å². The van der Waals surface area contributed by atoms with Gasteiger partial charge in [-0.3, -0.25) is 9.69 Å². The highest BCUT2D eigenvalue weighted by Gasteiger charge is 2.52. The van der Waals surface area contributed by atoms with Gasteiger partial charge in [0.2, 0.25) is 14.2 Å². The van der Waals surface area contributed by atoms with Crippen molar-refractivity contribution in [3.63, 3.8) is 0 Å². The van der Waals surface area contributed by atoms with Crippen LogP contribution in [0.2, 0.25) is 19.6 Å². The van der Waals surface area contributed by atoms with Gasteiger partial charge in [-0.1, -0.05) is 10.6 Å². The van der Waals surface area contributed by atoms with Crippen LogP contribution in [0.1, 0.15) is 5.69 Å². The van der Waals surface area contributed by atoms with Crippen LogP contribution in [0.3, 0.4) is 0 Å². The summed E-state index contributed by atoms with van der Waals surface area (Å²) in [7, 11) is -2.08. The fraction of sp³-hybridized carbons (Fsp3) is 0.429. The highest BCUT2D eigenvalue weighted by Crippen LogP contribution is 2.40. The summed E-state index contributed by atoms with van der Waals surface area (Å²) in [6.07, 6.45) is 3.59. The average Bonchev–Trinajstić information content (AvgIpc) is 3.02. The van der Waals surface area contributed by atoms with Crippen LogP contribution in [0.15, 0.2) is 22.7 Å². The Morgan fingerprint density at radius 3 is 2.83 bits per heavy atom. The second-order valence-electron chi connectivity index (χ2n) is 6.47. The number of thioether (sulfide) groups is 1. The first-order valence-corrected chi connectivity index (χ1v) is 12.7. The Labute approximate surface area is 149 Å². The molecule has 2 atom stereocenters. The van der Waals surface area contributed by atoms with E-state index in [9.17, 15) is 9.59 Å². The van der Waals surface area contributed by atoms with Gasteiger partial charge in [-0.2, -0.15) is 0 Å². The molecule has 0 spiro atoms. The van der Waals surface area contributed by atoms with Crippen LogP contribution in [0.5, 0.6) is 0 Å². The van der Waals surface area contributed by atoms with Crippen LogP contribution in [0.4, 0.5) is 0 Å². The van der Waals surface area contributed by atoms with Crippen LogP contribution in [0.25, 0.3) is 6.08 Å². The number of nitrogens with zero attached hydrogens (tertiary/aromatic N) is 3. The summed E-state index contributed by atoms with van der Waals surface area (Å²) in [4.78, 5) is 26.3.